The van der Waals surface area contributed by atoms with Crippen LogP contribution in [0.1, 0.15) is 5.56 Å². The topological polar surface area (TPSA) is 30.7 Å². The minimum absolute atomic E-state index is 0.359. The highest BCUT2D eigenvalue weighted by molar-refractivity contribution is 5.23. The molecular formula is C9H8FN3. The Morgan fingerprint density at radius 3 is 2.69 bits per heavy atom. The van der Waals surface area contributed by atoms with Crippen molar-refractivity contribution in [3.05, 3.63) is 42.1 Å². The predicted molar refractivity (Wildman–Crippen MR) is 46.1 cm³/mol. The molecule has 0 saturated heterocycles. The first-order valence-corrected chi connectivity index (χ1v) is 3.89. The number of hydrogen-bond donors (Lipinski definition) is 0. The van der Waals surface area contributed by atoms with Crippen LogP contribution in [0.15, 0.2) is 30.7 Å². The molecule has 3 nitrogen and oxygen atoms in total. The highest BCUT2D eigenvalue weighted by atomic mass is 19.1. The minimum atomic E-state index is -0.359. The summed E-state index contributed by atoms with van der Waals surface area (Å²) in [6.07, 6.45) is 4.16. The zero-order valence-corrected chi connectivity index (χ0v) is 7.11. The second-order valence-corrected chi connectivity index (χ2v) is 2.80. The summed E-state index contributed by atoms with van der Waals surface area (Å²) in [5.74, 6) is 0.261. The summed E-state index contributed by atoms with van der Waals surface area (Å²) in [4.78, 5) is 4.10. The Kier molecular flexibility index (Phi) is 1.81. The first-order valence-electron chi connectivity index (χ1n) is 3.89. The van der Waals surface area contributed by atoms with E-state index in [2.05, 4.69) is 10.1 Å². The number of rotatable bonds is 1. The third-order valence-electron chi connectivity index (χ3n) is 1.68. The second kappa shape index (κ2) is 2.97. The summed E-state index contributed by atoms with van der Waals surface area (Å²) in [7, 11) is 0. The average Bonchev–Trinajstić information content (AvgIpc) is 2.53. The van der Waals surface area contributed by atoms with Gasteiger partial charge in [0, 0.05) is 6.20 Å². The number of aryl methyl sites for hydroxylation is 1. The fourth-order valence-corrected chi connectivity index (χ4v) is 1.02. The van der Waals surface area contributed by atoms with Gasteiger partial charge in [-0.15, -0.1) is 0 Å². The fraction of sp³-hybridized carbons (Fsp3) is 0.111. The largest absolute Gasteiger partial charge is 0.237 e. The Morgan fingerprint density at radius 2 is 2.15 bits per heavy atom. The molecule has 2 aromatic rings. The molecular weight excluding hydrogens is 169 g/mol. The monoisotopic (exact) mass is 177 g/mol. The number of aromatic nitrogens is 3. The van der Waals surface area contributed by atoms with Crippen LogP contribution in [-0.2, 0) is 0 Å². The van der Waals surface area contributed by atoms with Crippen molar-refractivity contribution in [1.29, 1.82) is 0 Å². The molecule has 0 N–H and O–H groups in total. The van der Waals surface area contributed by atoms with E-state index in [9.17, 15) is 4.39 Å². The summed E-state index contributed by atoms with van der Waals surface area (Å²) >= 11 is 0. The molecule has 0 aliphatic rings. The number of hydrogen-bond acceptors (Lipinski definition) is 2. The number of pyridine rings is 1. The fourth-order valence-electron chi connectivity index (χ4n) is 1.02. The second-order valence-electron chi connectivity index (χ2n) is 2.80. The Balaban J connectivity index is 2.41. The first-order chi connectivity index (χ1) is 6.25. The maximum absolute atomic E-state index is 12.6. The van der Waals surface area contributed by atoms with Crippen molar-refractivity contribution >= 4 is 0 Å². The van der Waals surface area contributed by atoms with Gasteiger partial charge in [0.15, 0.2) is 11.6 Å². The normalized spacial score (nSPS) is 10.3. The summed E-state index contributed by atoms with van der Waals surface area (Å²) in [6.45, 7) is 1.94. The third-order valence-corrected chi connectivity index (χ3v) is 1.68. The third kappa shape index (κ3) is 1.56. The Bertz CT molecular complexity index is 405. The molecule has 0 spiro atoms. The van der Waals surface area contributed by atoms with Crippen LogP contribution in [0.5, 0.6) is 0 Å². The van der Waals surface area contributed by atoms with Gasteiger partial charge in [-0.2, -0.15) is 5.10 Å². The number of halogens is 1. The van der Waals surface area contributed by atoms with Crippen LogP contribution in [0.3, 0.4) is 0 Å². The molecule has 0 aliphatic heterocycles. The van der Waals surface area contributed by atoms with Crippen LogP contribution in [-0.4, -0.2) is 14.8 Å². The van der Waals surface area contributed by atoms with Crippen molar-refractivity contribution in [3.8, 4) is 5.82 Å². The molecule has 13 heavy (non-hydrogen) atoms. The zero-order chi connectivity index (χ0) is 9.26. The molecule has 0 bridgehead atoms. The van der Waals surface area contributed by atoms with Crippen molar-refractivity contribution < 1.29 is 4.39 Å². The van der Waals surface area contributed by atoms with Crippen molar-refractivity contribution in [3.63, 3.8) is 0 Å². The summed E-state index contributed by atoms with van der Waals surface area (Å²) in [6, 6.07) is 3.70. The van der Waals surface area contributed by atoms with E-state index in [1.807, 2.05) is 13.0 Å². The average molecular weight is 177 g/mol. The quantitative estimate of drug-likeness (QED) is 0.664. The molecule has 0 fully saturated rings. The molecule has 66 valence electrons. The lowest BCUT2D eigenvalue weighted by atomic mass is 10.3. The Labute approximate surface area is 74.8 Å². The van der Waals surface area contributed by atoms with Crippen LogP contribution in [0.25, 0.3) is 5.82 Å². The van der Waals surface area contributed by atoms with Crippen molar-refractivity contribution in [2.45, 2.75) is 6.92 Å². The highest BCUT2D eigenvalue weighted by Crippen LogP contribution is 2.04. The van der Waals surface area contributed by atoms with Gasteiger partial charge in [0.25, 0.3) is 0 Å². The Hall–Kier alpha value is -1.71. The lowest BCUT2D eigenvalue weighted by Gasteiger charge is -1.98. The van der Waals surface area contributed by atoms with E-state index >= 15 is 0 Å². The van der Waals surface area contributed by atoms with Gasteiger partial charge in [-0.1, -0.05) is 6.07 Å². The standard InChI is InChI=1S/C9H8FN3/c1-7-2-3-9(11-4-7)13-6-8(10)5-12-13/h2-6H,1H3. The first kappa shape index (κ1) is 7.91. The van der Waals surface area contributed by atoms with Crippen LogP contribution < -0.4 is 0 Å². The SMILES string of the molecule is Cc1ccc(-n2cc(F)cn2)nc1. The molecule has 4 heteroatoms. The van der Waals surface area contributed by atoms with E-state index < -0.39 is 0 Å². The van der Waals surface area contributed by atoms with E-state index in [4.69, 9.17) is 0 Å². The molecule has 2 rings (SSSR count). The van der Waals surface area contributed by atoms with Crippen LogP contribution in [0, 0.1) is 12.7 Å². The predicted octanol–water partition coefficient (Wildman–Crippen LogP) is 1.71. The van der Waals surface area contributed by atoms with E-state index in [0.717, 1.165) is 11.8 Å². The van der Waals surface area contributed by atoms with Gasteiger partial charge >= 0.3 is 0 Å². The number of nitrogens with zero attached hydrogens (tertiary/aromatic N) is 3. The lowest BCUT2D eigenvalue weighted by Crippen LogP contribution is -1.96. The summed E-state index contributed by atoms with van der Waals surface area (Å²) < 4.78 is 14.0. The molecule has 2 heterocycles. The van der Waals surface area contributed by atoms with Gasteiger partial charge < -0.3 is 0 Å². The van der Waals surface area contributed by atoms with Crippen LogP contribution in [0.4, 0.5) is 4.39 Å². The molecule has 0 saturated carbocycles. The molecule has 0 amide bonds. The maximum Gasteiger partial charge on any atom is 0.161 e. The van der Waals surface area contributed by atoms with Gasteiger partial charge in [0.05, 0.1) is 12.4 Å². The van der Waals surface area contributed by atoms with Crippen molar-refractivity contribution in [2.24, 2.45) is 0 Å². The van der Waals surface area contributed by atoms with Gasteiger partial charge in [0.1, 0.15) is 0 Å². The van der Waals surface area contributed by atoms with Crippen molar-refractivity contribution in [1.82, 2.24) is 14.8 Å². The summed E-state index contributed by atoms with van der Waals surface area (Å²) in [5, 5.41) is 3.79. The maximum atomic E-state index is 12.6. The summed E-state index contributed by atoms with van der Waals surface area (Å²) in [5.41, 5.74) is 1.07. The molecule has 0 atom stereocenters. The van der Waals surface area contributed by atoms with Gasteiger partial charge in [-0.25, -0.2) is 14.1 Å². The molecule has 0 aromatic carbocycles. The molecule has 0 radical (unpaired) electrons. The van der Waals surface area contributed by atoms with E-state index in [-0.39, 0.29) is 5.82 Å². The minimum Gasteiger partial charge on any atom is -0.237 e. The van der Waals surface area contributed by atoms with Crippen LogP contribution >= 0.6 is 0 Å². The van der Waals surface area contributed by atoms with E-state index in [0.29, 0.717) is 5.82 Å². The molecule has 0 aliphatic carbocycles. The van der Waals surface area contributed by atoms with E-state index in [1.54, 1.807) is 12.3 Å². The van der Waals surface area contributed by atoms with E-state index in [1.165, 1.54) is 10.9 Å². The molecule has 0 unspecified atom stereocenters. The van der Waals surface area contributed by atoms with Crippen LogP contribution in [0.2, 0.25) is 0 Å². The Morgan fingerprint density at radius 1 is 1.31 bits per heavy atom. The van der Waals surface area contributed by atoms with Gasteiger partial charge in [0.2, 0.25) is 0 Å². The smallest absolute Gasteiger partial charge is 0.161 e. The van der Waals surface area contributed by atoms with Gasteiger partial charge in [-0.05, 0) is 18.6 Å². The lowest BCUT2D eigenvalue weighted by molar-refractivity contribution is 0.627. The molecule has 2 aromatic heterocycles. The zero-order valence-electron chi connectivity index (χ0n) is 7.11. The van der Waals surface area contributed by atoms with Crippen molar-refractivity contribution in [2.75, 3.05) is 0 Å². The van der Waals surface area contributed by atoms with Gasteiger partial charge in [-0.3, -0.25) is 0 Å². The highest BCUT2D eigenvalue weighted by Gasteiger charge is 1.99.